The van der Waals surface area contributed by atoms with Crippen LogP contribution in [-0.4, -0.2) is 4.98 Å². The van der Waals surface area contributed by atoms with Crippen LogP contribution in [0.5, 0.6) is 0 Å². The van der Waals surface area contributed by atoms with E-state index < -0.39 is 0 Å². The van der Waals surface area contributed by atoms with Gasteiger partial charge in [-0.3, -0.25) is 0 Å². The van der Waals surface area contributed by atoms with E-state index in [-0.39, 0.29) is 0 Å². The van der Waals surface area contributed by atoms with Crippen molar-refractivity contribution in [1.29, 1.82) is 0 Å². The first-order valence-corrected chi connectivity index (χ1v) is 7.70. The Hall–Kier alpha value is -1.10. The standard InChI is InChI=1S/C14H10BrClN2S/c1-8-2-4-10(15)12(6-8)18-14-17-11-5-3-9(16)7-13(11)19-14/h2-7H,1H3,(H,17,18). The molecule has 0 bridgehead atoms. The summed E-state index contributed by atoms with van der Waals surface area (Å²) < 4.78 is 2.11. The Morgan fingerprint density at radius 2 is 2.05 bits per heavy atom. The van der Waals surface area contributed by atoms with Crippen molar-refractivity contribution in [3.05, 3.63) is 51.5 Å². The fourth-order valence-electron chi connectivity index (χ4n) is 1.80. The summed E-state index contributed by atoms with van der Waals surface area (Å²) >= 11 is 11.1. The van der Waals surface area contributed by atoms with Gasteiger partial charge in [0, 0.05) is 9.50 Å². The van der Waals surface area contributed by atoms with Crippen LogP contribution < -0.4 is 5.32 Å². The van der Waals surface area contributed by atoms with Crippen molar-refractivity contribution in [2.75, 3.05) is 5.32 Å². The highest BCUT2D eigenvalue weighted by Gasteiger charge is 2.06. The third-order valence-electron chi connectivity index (χ3n) is 2.71. The van der Waals surface area contributed by atoms with E-state index in [9.17, 15) is 0 Å². The van der Waals surface area contributed by atoms with E-state index in [0.29, 0.717) is 0 Å². The Kier molecular flexibility index (Phi) is 3.48. The maximum Gasteiger partial charge on any atom is 0.188 e. The number of aromatic nitrogens is 1. The van der Waals surface area contributed by atoms with Crippen LogP contribution in [0.15, 0.2) is 40.9 Å². The van der Waals surface area contributed by atoms with Crippen LogP contribution >= 0.6 is 38.9 Å². The molecule has 3 aromatic rings. The van der Waals surface area contributed by atoms with Gasteiger partial charge in [0.25, 0.3) is 0 Å². The number of nitrogens with zero attached hydrogens (tertiary/aromatic N) is 1. The number of benzene rings is 2. The average Bonchev–Trinajstić information content (AvgIpc) is 2.75. The van der Waals surface area contributed by atoms with Crippen molar-refractivity contribution >= 4 is 59.9 Å². The Morgan fingerprint density at radius 3 is 2.89 bits per heavy atom. The molecule has 0 aliphatic carbocycles. The van der Waals surface area contributed by atoms with E-state index in [1.165, 1.54) is 5.56 Å². The summed E-state index contributed by atoms with van der Waals surface area (Å²) in [6.07, 6.45) is 0. The van der Waals surface area contributed by atoms with Gasteiger partial charge in [-0.15, -0.1) is 0 Å². The molecule has 0 atom stereocenters. The molecule has 0 aliphatic rings. The van der Waals surface area contributed by atoms with Crippen LogP contribution in [0.2, 0.25) is 5.02 Å². The fourth-order valence-corrected chi connectivity index (χ4v) is 3.30. The average molecular weight is 354 g/mol. The summed E-state index contributed by atoms with van der Waals surface area (Å²) in [6.45, 7) is 2.07. The van der Waals surface area contributed by atoms with Crippen LogP contribution in [0.3, 0.4) is 0 Å². The molecule has 3 rings (SSSR count). The molecule has 1 aromatic heterocycles. The van der Waals surface area contributed by atoms with Crippen molar-refractivity contribution in [3.8, 4) is 0 Å². The van der Waals surface area contributed by atoms with Crippen LogP contribution in [0.1, 0.15) is 5.56 Å². The second kappa shape index (κ2) is 5.12. The quantitative estimate of drug-likeness (QED) is 0.633. The summed E-state index contributed by atoms with van der Waals surface area (Å²) in [5.74, 6) is 0. The lowest BCUT2D eigenvalue weighted by molar-refractivity contribution is 1.40. The molecule has 19 heavy (non-hydrogen) atoms. The van der Waals surface area contributed by atoms with Gasteiger partial charge in [-0.05, 0) is 58.7 Å². The van der Waals surface area contributed by atoms with Crippen molar-refractivity contribution in [2.45, 2.75) is 6.92 Å². The van der Waals surface area contributed by atoms with Crippen LogP contribution in [0, 0.1) is 6.92 Å². The molecular weight excluding hydrogens is 344 g/mol. The Balaban J connectivity index is 1.98. The molecule has 1 heterocycles. The van der Waals surface area contributed by atoms with Gasteiger partial charge >= 0.3 is 0 Å². The highest BCUT2D eigenvalue weighted by molar-refractivity contribution is 9.10. The minimum absolute atomic E-state index is 0.736. The van der Waals surface area contributed by atoms with Crippen LogP contribution in [-0.2, 0) is 0 Å². The molecule has 0 radical (unpaired) electrons. The predicted molar refractivity (Wildman–Crippen MR) is 86.8 cm³/mol. The minimum Gasteiger partial charge on any atom is -0.331 e. The van der Waals surface area contributed by atoms with E-state index in [1.54, 1.807) is 11.3 Å². The topological polar surface area (TPSA) is 24.9 Å². The largest absolute Gasteiger partial charge is 0.331 e. The first kappa shape index (κ1) is 12.9. The van der Waals surface area contributed by atoms with Gasteiger partial charge in [-0.1, -0.05) is 29.0 Å². The van der Waals surface area contributed by atoms with Gasteiger partial charge in [0.2, 0.25) is 0 Å². The number of hydrogen-bond donors (Lipinski definition) is 1. The Morgan fingerprint density at radius 1 is 1.21 bits per heavy atom. The summed E-state index contributed by atoms with van der Waals surface area (Å²) in [7, 11) is 0. The number of nitrogens with one attached hydrogen (secondary N) is 1. The molecule has 0 aliphatic heterocycles. The maximum atomic E-state index is 5.99. The van der Waals surface area contributed by atoms with Crippen molar-refractivity contribution in [3.63, 3.8) is 0 Å². The fraction of sp³-hybridized carbons (Fsp3) is 0.0714. The van der Waals surface area contributed by atoms with E-state index in [0.717, 1.165) is 30.5 Å². The summed E-state index contributed by atoms with van der Waals surface area (Å²) in [6, 6.07) is 11.9. The number of anilines is 2. The van der Waals surface area contributed by atoms with Crippen LogP contribution in [0.25, 0.3) is 10.2 Å². The predicted octanol–water partition coefficient (Wildman–Crippen LogP) is 5.76. The third-order valence-corrected chi connectivity index (χ3v) is 4.57. The van der Waals surface area contributed by atoms with E-state index in [1.807, 2.05) is 24.3 Å². The number of hydrogen-bond acceptors (Lipinski definition) is 3. The smallest absolute Gasteiger partial charge is 0.188 e. The lowest BCUT2D eigenvalue weighted by Gasteiger charge is -2.06. The van der Waals surface area contributed by atoms with Crippen molar-refractivity contribution in [2.24, 2.45) is 0 Å². The molecule has 0 amide bonds. The van der Waals surface area contributed by atoms with Gasteiger partial charge in [0.1, 0.15) is 0 Å². The molecule has 0 fully saturated rings. The first-order valence-electron chi connectivity index (χ1n) is 5.71. The summed E-state index contributed by atoms with van der Waals surface area (Å²) in [5, 5.41) is 4.94. The number of thiazole rings is 1. The molecule has 0 unspecified atom stereocenters. The second-order valence-corrected chi connectivity index (χ2v) is 6.56. The van der Waals surface area contributed by atoms with Crippen molar-refractivity contribution < 1.29 is 0 Å². The molecule has 2 aromatic carbocycles. The second-order valence-electron chi connectivity index (χ2n) is 4.24. The van der Waals surface area contributed by atoms with Gasteiger partial charge in [0.05, 0.1) is 15.9 Å². The molecule has 0 saturated carbocycles. The van der Waals surface area contributed by atoms with Gasteiger partial charge in [-0.2, -0.15) is 0 Å². The number of halogens is 2. The van der Waals surface area contributed by atoms with Crippen molar-refractivity contribution in [1.82, 2.24) is 4.98 Å². The summed E-state index contributed by atoms with van der Waals surface area (Å²) in [5.41, 5.74) is 3.18. The SMILES string of the molecule is Cc1ccc(Br)c(Nc2nc3ccc(Cl)cc3s2)c1. The molecule has 0 spiro atoms. The zero-order chi connectivity index (χ0) is 13.4. The number of aryl methyl sites for hydroxylation is 1. The van der Waals surface area contributed by atoms with Crippen LogP contribution in [0.4, 0.5) is 10.8 Å². The Labute approximate surface area is 128 Å². The maximum absolute atomic E-state index is 5.99. The zero-order valence-electron chi connectivity index (χ0n) is 10.1. The summed E-state index contributed by atoms with van der Waals surface area (Å²) in [4.78, 5) is 4.55. The molecule has 1 N–H and O–H groups in total. The highest BCUT2D eigenvalue weighted by Crippen LogP contribution is 2.32. The van der Waals surface area contributed by atoms with Gasteiger partial charge in [0.15, 0.2) is 5.13 Å². The molecule has 2 nitrogen and oxygen atoms in total. The first-order chi connectivity index (χ1) is 9.11. The monoisotopic (exact) mass is 352 g/mol. The number of fused-ring (bicyclic) bond motifs is 1. The minimum atomic E-state index is 0.736. The normalized spacial score (nSPS) is 10.9. The molecule has 96 valence electrons. The lowest BCUT2D eigenvalue weighted by atomic mass is 10.2. The van der Waals surface area contributed by atoms with E-state index >= 15 is 0 Å². The van der Waals surface area contributed by atoms with E-state index in [4.69, 9.17) is 11.6 Å². The van der Waals surface area contributed by atoms with Gasteiger partial charge in [-0.25, -0.2) is 4.98 Å². The Bertz CT molecular complexity index is 754. The molecule has 5 heteroatoms. The number of rotatable bonds is 2. The molecule has 0 saturated heterocycles. The highest BCUT2D eigenvalue weighted by atomic mass is 79.9. The van der Waals surface area contributed by atoms with E-state index in [2.05, 4.69) is 45.3 Å². The lowest BCUT2D eigenvalue weighted by Crippen LogP contribution is -1.90. The third kappa shape index (κ3) is 2.76. The molecular formula is C14H10BrClN2S. The van der Waals surface area contributed by atoms with Gasteiger partial charge < -0.3 is 5.32 Å². The zero-order valence-corrected chi connectivity index (χ0v) is 13.2.